The minimum atomic E-state index is -4.58. The van der Waals surface area contributed by atoms with Crippen molar-refractivity contribution < 1.29 is 27.0 Å². The Bertz CT molecular complexity index is 965. The van der Waals surface area contributed by atoms with Crippen molar-refractivity contribution >= 4 is 5.96 Å². The van der Waals surface area contributed by atoms with E-state index < -0.39 is 11.7 Å². The lowest BCUT2D eigenvalue weighted by Crippen LogP contribution is -2.35. The Labute approximate surface area is 184 Å². The molecule has 174 valence electrons. The Morgan fingerprint density at radius 2 is 2.06 bits per heavy atom. The highest BCUT2D eigenvalue weighted by Crippen LogP contribution is 2.39. The molecule has 2 heterocycles. The molecule has 1 aromatic heterocycles. The maximum atomic E-state index is 13.7. The summed E-state index contributed by atoms with van der Waals surface area (Å²) in [4.78, 5) is 4.30. The molecule has 0 bridgehead atoms. The number of alkyl halides is 3. The van der Waals surface area contributed by atoms with Crippen LogP contribution in [0.15, 0.2) is 34.9 Å². The topological polar surface area (TPSA) is 103 Å². The molecule has 3 rings (SSSR count). The molecule has 0 saturated carbocycles. The summed E-state index contributed by atoms with van der Waals surface area (Å²) < 4.78 is 53.4. The lowest BCUT2D eigenvalue weighted by molar-refractivity contribution is -0.555. The molecule has 4 N–H and O–H groups in total. The monoisotopic (exact) mass is 452 g/mol. The van der Waals surface area contributed by atoms with Crippen molar-refractivity contribution in [2.45, 2.75) is 57.7 Å². The Morgan fingerprint density at radius 1 is 1.28 bits per heavy atom. The Kier molecular flexibility index (Phi) is 7.76. The van der Waals surface area contributed by atoms with Crippen molar-refractivity contribution in [3.05, 3.63) is 41.8 Å². The molecule has 1 atom stereocenters. The molecule has 2 aromatic rings. The van der Waals surface area contributed by atoms with E-state index in [-0.39, 0.29) is 41.6 Å². The summed E-state index contributed by atoms with van der Waals surface area (Å²) in [5.74, 6) is 0.265. The first-order valence-corrected chi connectivity index (χ1v) is 10.8. The fourth-order valence-electron chi connectivity index (χ4n) is 3.63. The number of halogens is 3. The fraction of sp³-hybridized carbons (Fsp3) is 0.500. The smallest absolute Gasteiger partial charge is 0.419 e. The number of rotatable bonds is 9. The standard InChI is InChI=1S/C22H28F3N5O2/c1-2-3-4-5-6-7-13-31-18-11-10-15(14-16(18)22(23,24)25)19-28-20(32-29-19)17-9-8-12-30(17)21(26)27/h5-6,10-11,14,17H,2-4,7-9,12-13H2,1H3,(H3,26,27)/p+1/b6-5-/t17-/m0/s1. The number of hydrogen-bond acceptors (Lipinski definition) is 4. The van der Waals surface area contributed by atoms with Crippen molar-refractivity contribution in [3.8, 4) is 17.1 Å². The van der Waals surface area contributed by atoms with Gasteiger partial charge < -0.3 is 9.26 Å². The van der Waals surface area contributed by atoms with E-state index in [4.69, 9.17) is 20.7 Å². The number of unbranched alkanes of at least 4 members (excludes halogenated alkanes) is 2. The second-order valence-electron chi connectivity index (χ2n) is 7.69. The van der Waals surface area contributed by atoms with Gasteiger partial charge in [0, 0.05) is 5.56 Å². The van der Waals surface area contributed by atoms with E-state index in [2.05, 4.69) is 17.1 Å². The Hall–Kier alpha value is -3.04. The first-order chi connectivity index (χ1) is 15.3. The van der Waals surface area contributed by atoms with Gasteiger partial charge in [-0.05, 0) is 43.9 Å². The van der Waals surface area contributed by atoms with Gasteiger partial charge in [-0.15, -0.1) is 0 Å². The number of allylic oxidation sites excluding steroid dienone is 1. The number of benzene rings is 1. The number of nitrogens with zero attached hydrogens (tertiary/aromatic N) is 3. The molecular weight excluding hydrogens is 423 g/mol. The predicted octanol–water partition coefficient (Wildman–Crippen LogP) is 4.39. The van der Waals surface area contributed by atoms with Crippen LogP contribution in [0, 0.1) is 0 Å². The molecule has 1 fully saturated rings. The van der Waals surface area contributed by atoms with Gasteiger partial charge in [0.25, 0.3) is 5.89 Å². The average molecular weight is 453 g/mol. The number of aromatic nitrogens is 2. The van der Waals surface area contributed by atoms with Crippen molar-refractivity contribution in [1.82, 2.24) is 10.1 Å². The van der Waals surface area contributed by atoms with E-state index in [9.17, 15) is 13.2 Å². The first kappa shape index (κ1) is 23.6. The lowest BCUT2D eigenvalue weighted by atomic mass is 10.1. The summed E-state index contributed by atoms with van der Waals surface area (Å²) in [6.45, 7) is 2.92. The van der Waals surface area contributed by atoms with Crippen LogP contribution in [0.3, 0.4) is 0 Å². The van der Waals surface area contributed by atoms with Gasteiger partial charge in [-0.25, -0.2) is 0 Å². The SMILES string of the molecule is CCCC/C=C\CCOc1ccc(-c2noc([C@@H]3CCC[N+]3=C(N)N)n2)cc1C(F)(F)F. The van der Waals surface area contributed by atoms with Gasteiger partial charge in [-0.3, -0.25) is 16.0 Å². The summed E-state index contributed by atoms with van der Waals surface area (Å²) >= 11 is 0. The average Bonchev–Trinajstić information content (AvgIpc) is 3.42. The van der Waals surface area contributed by atoms with Crippen molar-refractivity contribution in [1.29, 1.82) is 0 Å². The van der Waals surface area contributed by atoms with E-state index in [0.29, 0.717) is 19.4 Å². The van der Waals surface area contributed by atoms with Crippen LogP contribution in [-0.2, 0) is 6.18 Å². The highest BCUT2D eigenvalue weighted by Gasteiger charge is 2.36. The van der Waals surface area contributed by atoms with E-state index in [1.807, 2.05) is 12.2 Å². The molecular formula is C22H29F3N5O2+. The minimum Gasteiger partial charge on any atom is -0.493 e. The summed E-state index contributed by atoms with van der Waals surface area (Å²) in [5, 5.41) is 3.87. The number of nitrogens with two attached hydrogens (primary N) is 2. The predicted molar refractivity (Wildman–Crippen MR) is 114 cm³/mol. The first-order valence-electron chi connectivity index (χ1n) is 10.8. The zero-order valence-corrected chi connectivity index (χ0v) is 18.1. The van der Waals surface area contributed by atoms with E-state index in [0.717, 1.165) is 31.7 Å². The Balaban J connectivity index is 1.75. The molecule has 0 spiro atoms. The molecule has 1 aromatic carbocycles. The second-order valence-corrected chi connectivity index (χ2v) is 7.69. The van der Waals surface area contributed by atoms with Crippen molar-refractivity contribution in [2.24, 2.45) is 11.5 Å². The van der Waals surface area contributed by atoms with Crippen LogP contribution in [0.4, 0.5) is 13.2 Å². The molecule has 1 aliphatic heterocycles. The largest absolute Gasteiger partial charge is 0.493 e. The molecule has 0 radical (unpaired) electrons. The van der Waals surface area contributed by atoms with E-state index in [1.165, 1.54) is 12.1 Å². The maximum absolute atomic E-state index is 13.7. The highest BCUT2D eigenvalue weighted by atomic mass is 19.4. The second kappa shape index (κ2) is 10.5. The summed E-state index contributed by atoms with van der Waals surface area (Å²) in [7, 11) is 0. The molecule has 0 amide bonds. The van der Waals surface area contributed by atoms with Gasteiger partial charge in [0.05, 0.1) is 18.7 Å². The third-order valence-corrected chi connectivity index (χ3v) is 5.29. The van der Waals surface area contributed by atoms with Gasteiger partial charge >= 0.3 is 12.1 Å². The third-order valence-electron chi connectivity index (χ3n) is 5.29. The minimum absolute atomic E-state index is 0.0679. The molecule has 0 unspecified atom stereocenters. The zero-order valence-electron chi connectivity index (χ0n) is 18.1. The van der Waals surface area contributed by atoms with Crippen LogP contribution in [0.25, 0.3) is 11.4 Å². The molecule has 0 aliphatic carbocycles. The van der Waals surface area contributed by atoms with Gasteiger partial charge in [0.2, 0.25) is 5.82 Å². The van der Waals surface area contributed by atoms with Gasteiger partial charge in [0.1, 0.15) is 5.75 Å². The molecule has 7 nitrogen and oxygen atoms in total. The highest BCUT2D eigenvalue weighted by molar-refractivity contribution is 5.70. The number of hydrogen-bond donors (Lipinski definition) is 2. The van der Waals surface area contributed by atoms with Crippen LogP contribution < -0.4 is 16.2 Å². The lowest BCUT2D eigenvalue weighted by Gasteiger charge is -2.14. The summed E-state index contributed by atoms with van der Waals surface area (Å²) in [6.07, 6.45) is 4.61. The van der Waals surface area contributed by atoms with Gasteiger partial charge in [0.15, 0.2) is 6.04 Å². The summed E-state index contributed by atoms with van der Waals surface area (Å²) in [5.41, 5.74) is 10.7. The maximum Gasteiger partial charge on any atom is 0.419 e. The summed E-state index contributed by atoms with van der Waals surface area (Å²) in [6, 6.07) is 3.49. The number of guanidine groups is 1. The van der Waals surface area contributed by atoms with Crippen LogP contribution in [0.5, 0.6) is 5.75 Å². The van der Waals surface area contributed by atoms with E-state index >= 15 is 0 Å². The van der Waals surface area contributed by atoms with Crippen molar-refractivity contribution in [2.75, 3.05) is 13.2 Å². The molecule has 10 heteroatoms. The van der Waals surface area contributed by atoms with Crippen LogP contribution >= 0.6 is 0 Å². The van der Waals surface area contributed by atoms with Crippen LogP contribution in [0.1, 0.15) is 62.9 Å². The molecule has 1 aliphatic rings. The van der Waals surface area contributed by atoms with Crippen LogP contribution in [0.2, 0.25) is 0 Å². The van der Waals surface area contributed by atoms with Crippen molar-refractivity contribution in [3.63, 3.8) is 0 Å². The quantitative estimate of drug-likeness (QED) is 0.253. The van der Waals surface area contributed by atoms with Gasteiger partial charge in [-0.2, -0.15) is 18.2 Å². The zero-order chi connectivity index (χ0) is 23.1. The fourth-order valence-corrected chi connectivity index (χ4v) is 3.63. The molecule has 1 saturated heterocycles. The normalized spacial score (nSPS) is 16.8. The van der Waals surface area contributed by atoms with Crippen LogP contribution in [-0.4, -0.2) is 33.8 Å². The molecule has 32 heavy (non-hydrogen) atoms. The van der Waals surface area contributed by atoms with Gasteiger partial charge in [-0.1, -0.05) is 37.1 Å². The van der Waals surface area contributed by atoms with E-state index in [1.54, 1.807) is 4.58 Å². The third kappa shape index (κ3) is 5.80. The Morgan fingerprint density at radius 3 is 2.78 bits per heavy atom. The number of ether oxygens (including phenoxy) is 1.